The molecule has 54 valence electrons. The number of pyridine rings is 1. The van der Waals surface area contributed by atoms with E-state index in [9.17, 15) is 0 Å². The number of nitrogens with two attached hydrogens (primary N) is 1. The molecule has 1 aromatic heterocycles. The standard InChI is InChI=1S/C8H13N2/c1-8-4-2-3-6-10(8)7-5-9/h2-4,6H,5,7,9H2,1H3/q+1. The van der Waals surface area contributed by atoms with Gasteiger partial charge in [0, 0.05) is 19.1 Å². The second-order valence-corrected chi connectivity index (χ2v) is 2.32. The van der Waals surface area contributed by atoms with Crippen LogP contribution in [0.3, 0.4) is 0 Å². The number of rotatable bonds is 2. The van der Waals surface area contributed by atoms with Gasteiger partial charge in [-0.25, -0.2) is 4.57 Å². The highest BCUT2D eigenvalue weighted by molar-refractivity contribution is 4.93. The Morgan fingerprint density at radius 2 is 2.30 bits per heavy atom. The summed E-state index contributed by atoms with van der Waals surface area (Å²) < 4.78 is 2.14. The van der Waals surface area contributed by atoms with E-state index in [1.54, 1.807) is 0 Å². The highest BCUT2D eigenvalue weighted by Gasteiger charge is 1.99. The van der Waals surface area contributed by atoms with Gasteiger partial charge in [-0.1, -0.05) is 6.07 Å². The van der Waals surface area contributed by atoms with Crippen molar-refractivity contribution < 1.29 is 4.57 Å². The highest BCUT2D eigenvalue weighted by atomic mass is 15.0. The van der Waals surface area contributed by atoms with Gasteiger partial charge in [-0.2, -0.15) is 0 Å². The van der Waals surface area contributed by atoms with Gasteiger partial charge in [-0.15, -0.1) is 0 Å². The predicted octanol–water partition coefficient (Wildman–Crippen LogP) is 0.241. The number of hydrogen-bond acceptors (Lipinski definition) is 1. The van der Waals surface area contributed by atoms with E-state index in [1.165, 1.54) is 5.69 Å². The van der Waals surface area contributed by atoms with Crippen molar-refractivity contribution >= 4 is 0 Å². The van der Waals surface area contributed by atoms with E-state index in [-0.39, 0.29) is 0 Å². The maximum atomic E-state index is 5.41. The minimum Gasteiger partial charge on any atom is -0.325 e. The van der Waals surface area contributed by atoms with E-state index in [0.29, 0.717) is 6.54 Å². The maximum absolute atomic E-state index is 5.41. The monoisotopic (exact) mass is 137 g/mol. The molecule has 10 heavy (non-hydrogen) atoms. The van der Waals surface area contributed by atoms with Crippen molar-refractivity contribution in [3.05, 3.63) is 30.1 Å². The molecule has 1 heterocycles. The fourth-order valence-corrected chi connectivity index (χ4v) is 0.952. The summed E-state index contributed by atoms with van der Waals surface area (Å²) in [6, 6.07) is 6.13. The van der Waals surface area contributed by atoms with Gasteiger partial charge in [0.1, 0.15) is 0 Å². The molecule has 0 amide bonds. The third-order valence-corrected chi connectivity index (χ3v) is 1.54. The minimum atomic E-state index is 0.704. The highest BCUT2D eigenvalue weighted by Crippen LogP contribution is 1.85. The zero-order valence-electron chi connectivity index (χ0n) is 6.25. The van der Waals surface area contributed by atoms with Crippen LogP contribution in [0.2, 0.25) is 0 Å². The van der Waals surface area contributed by atoms with E-state index in [0.717, 1.165) is 6.54 Å². The molecule has 1 aromatic rings. The first-order chi connectivity index (χ1) is 4.84. The third-order valence-electron chi connectivity index (χ3n) is 1.54. The van der Waals surface area contributed by atoms with Gasteiger partial charge in [0.15, 0.2) is 18.4 Å². The Bertz CT molecular complexity index is 208. The largest absolute Gasteiger partial charge is 0.325 e. The molecule has 2 nitrogen and oxygen atoms in total. The smallest absolute Gasteiger partial charge is 0.178 e. The van der Waals surface area contributed by atoms with Crippen LogP contribution in [0.1, 0.15) is 5.69 Å². The molecule has 0 aliphatic heterocycles. The van der Waals surface area contributed by atoms with E-state index in [4.69, 9.17) is 5.73 Å². The molecule has 2 heteroatoms. The molecule has 0 atom stereocenters. The molecule has 0 fully saturated rings. The molecule has 0 saturated carbocycles. The molecule has 0 aromatic carbocycles. The molecule has 2 N–H and O–H groups in total. The molecule has 0 aliphatic carbocycles. The van der Waals surface area contributed by atoms with Crippen LogP contribution in [0.4, 0.5) is 0 Å². The van der Waals surface area contributed by atoms with Crippen LogP contribution in [-0.2, 0) is 6.54 Å². The zero-order valence-corrected chi connectivity index (χ0v) is 6.25. The lowest BCUT2D eigenvalue weighted by molar-refractivity contribution is -0.700. The van der Waals surface area contributed by atoms with Crippen molar-refractivity contribution in [2.24, 2.45) is 5.73 Å². The average Bonchev–Trinajstić information content (AvgIpc) is 1.94. The van der Waals surface area contributed by atoms with Gasteiger partial charge in [-0.3, -0.25) is 0 Å². The molecular formula is C8H13N2+. The molecule has 0 aliphatic rings. The van der Waals surface area contributed by atoms with E-state index in [2.05, 4.69) is 17.6 Å². The Hall–Kier alpha value is -0.890. The van der Waals surface area contributed by atoms with Crippen LogP contribution in [0.25, 0.3) is 0 Å². The van der Waals surface area contributed by atoms with Crippen LogP contribution < -0.4 is 10.3 Å². The average molecular weight is 137 g/mol. The maximum Gasteiger partial charge on any atom is 0.178 e. The summed E-state index contributed by atoms with van der Waals surface area (Å²) in [5.41, 5.74) is 6.67. The second-order valence-electron chi connectivity index (χ2n) is 2.32. The molecular weight excluding hydrogens is 124 g/mol. The number of aryl methyl sites for hydroxylation is 1. The van der Waals surface area contributed by atoms with Gasteiger partial charge in [0.25, 0.3) is 0 Å². The van der Waals surface area contributed by atoms with E-state index >= 15 is 0 Å². The van der Waals surface area contributed by atoms with E-state index < -0.39 is 0 Å². The Labute approximate surface area is 61.3 Å². The van der Waals surface area contributed by atoms with Crippen LogP contribution in [-0.4, -0.2) is 6.54 Å². The Morgan fingerprint density at radius 3 is 2.90 bits per heavy atom. The molecule has 0 saturated heterocycles. The normalized spacial score (nSPS) is 9.80. The molecule has 0 spiro atoms. The van der Waals surface area contributed by atoms with Crippen molar-refractivity contribution in [3.8, 4) is 0 Å². The fraction of sp³-hybridized carbons (Fsp3) is 0.375. The number of aromatic nitrogens is 1. The lowest BCUT2D eigenvalue weighted by Crippen LogP contribution is -2.39. The lowest BCUT2D eigenvalue weighted by atomic mass is 10.3. The van der Waals surface area contributed by atoms with Crippen molar-refractivity contribution in [3.63, 3.8) is 0 Å². The summed E-state index contributed by atoms with van der Waals surface area (Å²) in [5.74, 6) is 0. The summed E-state index contributed by atoms with van der Waals surface area (Å²) in [6.45, 7) is 3.69. The SMILES string of the molecule is Cc1cccc[n+]1CCN. The van der Waals surface area contributed by atoms with Crippen molar-refractivity contribution in [1.82, 2.24) is 0 Å². The topological polar surface area (TPSA) is 29.9 Å². The van der Waals surface area contributed by atoms with Crippen LogP contribution in [0, 0.1) is 6.92 Å². The summed E-state index contributed by atoms with van der Waals surface area (Å²) in [4.78, 5) is 0. The van der Waals surface area contributed by atoms with Crippen molar-refractivity contribution in [2.45, 2.75) is 13.5 Å². The second kappa shape index (κ2) is 3.32. The molecule has 0 bridgehead atoms. The summed E-state index contributed by atoms with van der Waals surface area (Å²) in [5, 5.41) is 0. The Morgan fingerprint density at radius 1 is 1.50 bits per heavy atom. The van der Waals surface area contributed by atoms with Gasteiger partial charge >= 0.3 is 0 Å². The summed E-state index contributed by atoms with van der Waals surface area (Å²) in [6.07, 6.45) is 2.04. The van der Waals surface area contributed by atoms with Crippen molar-refractivity contribution in [1.29, 1.82) is 0 Å². The fourth-order valence-electron chi connectivity index (χ4n) is 0.952. The van der Waals surface area contributed by atoms with Gasteiger partial charge in [0.2, 0.25) is 0 Å². The lowest BCUT2D eigenvalue weighted by Gasteiger charge is -1.95. The van der Waals surface area contributed by atoms with Crippen LogP contribution in [0.15, 0.2) is 24.4 Å². The first-order valence-corrected chi connectivity index (χ1v) is 3.49. The third kappa shape index (κ3) is 1.54. The van der Waals surface area contributed by atoms with E-state index in [1.807, 2.05) is 18.3 Å². The predicted molar refractivity (Wildman–Crippen MR) is 40.4 cm³/mol. The first kappa shape index (κ1) is 7.22. The van der Waals surface area contributed by atoms with Gasteiger partial charge in [-0.05, 0) is 0 Å². The van der Waals surface area contributed by atoms with Gasteiger partial charge in [0.05, 0.1) is 6.54 Å². The first-order valence-electron chi connectivity index (χ1n) is 3.49. The van der Waals surface area contributed by atoms with Crippen LogP contribution in [0.5, 0.6) is 0 Å². The Kier molecular flexibility index (Phi) is 2.40. The quantitative estimate of drug-likeness (QED) is 0.581. The summed E-state index contributed by atoms with van der Waals surface area (Å²) in [7, 11) is 0. The van der Waals surface area contributed by atoms with Crippen molar-refractivity contribution in [2.75, 3.05) is 6.54 Å². The summed E-state index contributed by atoms with van der Waals surface area (Å²) >= 11 is 0. The molecule has 0 radical (unpaired) electrons. The molecule has 1 rings (SSSR count). The molecule has 0 unspecified atom stereocenters. The number of nitrogens with zero attached hydrogens (tertiary/aromatic N) is 1. The minimum absolute atomic E-state index is 0.704. The number of hydrogen-bond donors (Lipinski definition) is 1. The van der Waals surface area contributed by atoms with Crippen LogP contribution >= 0.6 is 0 Å². The Balaban J connectivity index is 2.81. The van der Waals surface area contributed by atoms with Gasteiger partial charge < -0.3 is 5.73 Å². The zero-order chi connectivity index (χ0) is 7.40.